The number of rotatable bonds is 4. The van der Waals surface area contributed by atoms with Gasteiger partial charge in [-0.15, -0.1) is 0 Å². The molecule has 0 aliphatic carbocycles. The normalized spacial score (nSPS) is 18.0. The summed E-state index contributed by atoms with van der Waals surface area (Å²) in [5, 5.41) is 11.7. The van der Waals surface area contributed by atoms with Crippen LogP contribution in [0.4, 0.5) is 5.69 Å². The molecule has 1 atom stereocenters. The molecule has 1 amide bonds. The second kappa shape index (κ2) is 7.21. The van der Waals surface area contributed by atoms with Crippen molar-refractivity contribution < 1.29 is 4.79 Å². The van der Waals surface area contributed by atoms with Gasteiger partial charge < -0.3 is 11.1 Å². The van der Waals surface area contributed by atoms with Crippen LogP contribution in [0.5, 0.6) is 0 Å². The van der Waals surface area contributed by atoms with Crippen LogP contribution in [0, 0.1) is 17.2 Å². The first kappa shape index (κ1) is 15.5. The number of carbonyl (C=O) groups is 1. The van der Waals surface area contributed by atoms with Crippen LogP contribution in [0.3, 0.4) is 0 Å². The van der Waals surface area contributed by atoms with E-state index < -0.39 is 0 Å². The Hall–Kier alpha value is -1.90. The number of anilines is 1. The minimum atomic E-state index is -0.0377. The molecular formula is C16H22N4O. The average Bonchev–Trinajstić information content (AvgIpc) is 2.47. The molecule has 2 rings (SSSR count). The van der Waals surface area contributed by atoms with E-state index in [4.69, 9.17) is 11.0 Å². The van der Waals surface area contributed by atoms with Gasteiger partial charge in [-0.05, 0) is 57.0 Å². The largest absolute Gasteiger partial charge is 0.328 e. The van der Waals surface area contributed by atoms with Crippen molar-refractivity contribution in [3.8, 4) is 6.07 Å². The number of nitrogens with one attached hydrogen (secondary N) is 1. The summed E-state index contributed by atoms with van der Waals surface area (Å²) in [5.41, 5.74) is 7.14. The summed E-state index contributed by atoms with van der Waals surface area (Å²) in [7, 11) is 0. The van der Waals surface area contributed by atoms with Crippen molar-refractivity contribution in [2.24, 2.45) is 11.7 Å². The number of hydrogen-bond acceptors (Lipinski definition) is 4. The lowest BCUT2D eigenvalue weighted by Crippen LogP contribution is -2.42. The topological polar surface area (TPSA) is 82.2 Å². The van der Waals surface area contributed by atoms with Crippen LogP contribution in [0.25, 0.3) is 0 Å². The summed E-state index contributed by atoms with van der Waals surface area (Å²) >= 11 is 0. The van der Waals surface area contributed by atoms with Crippen molar-refractivity contribution in [3.63, 3.8) is 0 Å². The first-order valence-electron chi connectivity index (χ1n) is 7.36. The van der Waals surface area contributed by atoms with Crippen molar-refractivity contribution in [2.45, 2.75) is 25.8 Å². The van der Waals surface area contributed by atoms with Gasteiger partial charge in [-0.25, -0.2) is 0 Å². The standard InChI is InChI=1S/C16H22N4O/c1-12(18)14-5-7-20(8-6-14)11-16(21)19-15-4-2-3-13(9-15)10-17/h2-4,9,12,14H,5-8,11,18H2,1H3,(H,19,21). The molecule has 1 aliphatic heterocycles. The molecule has 0 aromatic heterocycles. The van der Waals surface area contributed by atoms with Crippen LogP contribution in [-0.2, 0) is 4.79 Å². The van der Waals surface area contributed by atoms with Gasteiger partial charge in [-0.2, -0.15) is 5.26 Å². The number of benzene rings is 1. The minimum absolute atomic E-state index is 0.0377. The molecule has 0 saturated carbocycles. The van der Waals surface area contributed by atoms with Gasteiger partial charge in [0.15, 0.2) is 0 Å². The van der Waals surface area contributed by atoms with Crippen LogP contribution < -0.4 is 11.1 Å². The van der Waals surface area contributed by atoms with Crippen molar-refractivity contribution in [1.29, 1.82) is 5.26 Å². The van der Waals surface area contributed by atoms with E-state index in [1.54, 1.807) is 24.3 Å². The van der Waals surface area contributed by atoms with E-state index in [1.165, 1.54) is 0 Å². The van der Waals surface area contributed by atoms with E-state index in [0.29, 0.717) is 23.7 Å². The Balaban J connectivity index is 1.81. The molecule has 5 nitrogen and oxygen atoms in total. The number of carbonyl (C=O) groups excluding carboxylic acids is 1. The predicted octanol–water partition coefficient (Wildman–Crippen LogP) is 1.56. The highest BCUT2D eigenvalue weighted by atomic mass is 16.2. The van der Waals surface area contributed by atoms with Crippen LogP contribution in [0.1, 0.15) is 25.3 Å². The van der Waals surface area contributed by atoms with Crippen LogP contribution in [0.2, 0.25) is 0 Å². The summed E-state index contributed by atoms with van der Waals surface area (Å²) in [6.07, 6.45) is 2.10. The lowest BCUT2D eigenvalue weighted by molar-refractivity contribution is -0.117. The van der Waals surface area contributed by atoms with Crippen LogP contribution in [-0.4, -0.2) is 36.5 Å². The Morgan fingerprint density at radius 3 is 2.86 bits per heavy atom. The average molecular weight is 286 g/mol. The van der Waals surface area contributed by atoms with E-state index in [1.807, 2.05) is 0 Å². The zero-order valence-corrected chi connectivity index (χ0v) is 12.4. The van der Waals surface area contributed by atoms with E-state index in [-0.39, 0.29) is 11.9 Å². The number of nitrogens with two attached hydrogens (primary N) is 1. The van der Waals surface area contributed by atoms with Gasteiger partial charge in [0.1, 0.15) is 0 Å². The fourth-order valence-electron chi connectivity index (χ4n) is 2.71. The quantitative estimate of drug-likeness (QED) is 0.880. The Morgan fingerprint density at radius 1 is 1.52 bits per heavy atom. The molecule has 1 aromatic rings. The first-order valence-corrected chi connectivity index (χ1v) is 7.36. The molecule has 21 heavy (non-hydrogen) atoms. The summed E-state index contributed by atoms with van der Waals surface area (Å²) < 4.78 is 0. The van der Waals surface area contributed by atoms with Crippen LogP contribution >= 0.6 is 0 Å². The molecular weight excluding hydrogens is 264 g/mol. The summed E-state index contributed by atoms with van der Waals surface area (Å²) in [6, 6.07) is 9.25. The van der Waals surface area contributed by atoms with Gasteiger partial charge >= 0.3 is 0 Å². The fraction of sp³-hybridized carbons (Fsp3) is 0.500. The number of likely N-dealkylation sites (tertiary alicyclic amines) is 1. The number of amides is 1. The number of nitriles is 1. The lowest BCUT2D eigenvalue weighted by Gasteiger charge is -2.33. The highest BCUT2D eigenvalue weighted by Gasteiger charge is 2.22. The Kier molecular flexibility index (Phi) is 5.32. The van der Waals surface area contributed by atoms with Crippen molar-refractivity contribution in [2.75, 3.05) is 25.0 Å². The molecule has 5 heteroatoms. The Bertz CT molecular complexity index is 527. The molecule has 112 valence electrons. The Morgan fingerprint density at radius 2 is 2.24 bits per heavy atom. The first-order chi connectivity index (χ1) is 10.1. The molecule has 3 N–H and O–H groups in total. The van der Waals surface area contributed by atoms with E-state index in [9.17, 15) is 4.79 Å². The van der Waals surface area contributed by atoms with Gasteiger partial charge in [-0.3, -0.25) is 9.69 Å². The number of nitrogens with zero attached hydrogens (tertiary/aromatic N) is 2. The second-order valence-electron chi connectivity index (χ2n) is 5.71. The molecule has 1 heterocycles. The molecule has 0 bridgehead atoms. The van der Waals surface area contributed by atoms with E-state index in [0.717, 1.165) is 25.9 Å². The highest BCUT2D eigenvalue weighted by Crippen LogP contribution is 2.19. The molecule has 1 aliphatic rings. The number of piperidine rings is 1. The molecule has 1 aromatic carbocycles. The third kappa shape index (κ3) is 4.55. The zero-order chi connectivity index (χ0) is 15.2. The second-order valence-corrected chi connectivity index (χ2v) is 5.71. The smallest absolute Gasteiger partial charge is 0.238 e. The molecule has 0 radical (unpaired) electrons. The van der Waals surface area contributed by atoms with E-state index in [2.05, 4.69) is 23.2 Å². The SMILES string of the molecule is CC(N)C1CCN(CC(=O)Nc2cccc(C#N)c2)CC1. The molecule has 1 unspecified atom stereocenters. The summed E-state index contributed by atoms with van der Waals surface area (Å²) in [6.45, 7) is 4.27. The maximum atomic E-state index is 12.0. The number of hydrogen-bond donors (Lipinski definition) is 2. The molecule has 1 fully saturated rings. The van der Waals surface area contributed by atoms with Crippen LogP contribution in [0.15, 0.2) is 24.3 Å². The third-order valence-electron chi connectivity index (χ3n) is 4.02. The maximum absolute atomic E-state index is 12.0. The van der Waals surface area contributed by atoms with Crippen molar-refractivity contribution >= 4 is 11.6 Å². The van der Waals surface area contributed by atoms with Gasteiger partial charge in [0.05, 0.1) is 18.2 Å². The van der Waals surface area contributed by atoms with Gasteiger partial charge in [0.2, 0.25) is 5.91 Å². The monoisotopic (exact) mass is 286 g/mol. The highest BCUT2D eigenvalue weighted by molar-refractivity contribution is 5.92. The van der Waals surface area contributed by atoms with E-state index >= 15 is 0 Å². The lowest BCUT2D eigenvalue weighted by atomic mass is 9.91. The predicted molar refractivity (Wildman–Crippen MR) is 82.6 cm³/mol. The van der Waals surface area contributed by atoms with Crippen molar-refractivity contribution in [3.05, 3.63) is 29.8 Å². The molecule has 0 spiro atoms. The minimum Gasteiger partial charge on any atom is -0.328 e. The molecule has 1 saturated heterocycles. The Labute approximate surface area is 125 Å². The van der Waals surface area contributed by atoms with Gasteiger partial charge in [-0.1, -0.05) is 6.07 Å². The maximum Gasteiger partial charge on any atom is 0.238 e. The zero-order valence-electron chi connectivity index (χ0n) is 12.4. The van der Waals surface area contributed by atoms with Gasteiger partial charge in [0, 0.05) is 11.7 Å². The summed E-state index contributed by atoms with van der Waals surface area (Å²) in [5.74, 6) is 0.529. The van der Waals surface area contributed by atoms with Gasteiger partial charge in [0.25, 0.3) is 0 Å². The van der Waals surface area contributed by atoms with Crippen molar-refractivity contribution in [1.82, 2.24) is 4.90 Å². The summed E-state index contributed by atoms with van der Waals surface area (Å²) in [4.78, 5) is 14.2. The third-order valence-corrected chi connectivity index (χ3v) is 4.02. The fourth-order valence-corrected chi connectivity index (χ4v) is 2.71.